The van der Waals surface area contributed by atoms with E-state index in [1.165, 1.54) is 44.9 Å². The number of rotatable bonds is 12. The summed E-state index contributed by atoms with van der Waals surface area (Å²) in [6.45, 7) is 20.1. The molecule has 0 aromatic rings. The predicted octanol–water partition coefficient (Wildman–Crippen LogP) is 9.09. The van der Waals surface area contributed by atoms with E-state index >= 15 is 0 Å². The molecule has 5 heteroatoms. The molecule has 1 saturated heterocycles. The smallest absolute Gasteiger partial charge is 0.284 e. The van der Waals surface area contributed by atoms with E-state index in [9.17, 15) is 4.79 Å². The van der Waals surface area contributed by atoms with Gasteiger partial charge in [0.2, 0.25) is 0 Å². The number of methoxy groups -OCH3 is 1. The van der Waals surface area contributed by atoms with Gasteiger partial charge in [-0.2, -0.15) is 0 Å². The second kappa shape index (κ2) is 22.8. The van der Waals surface area contributed by atoms with Gasteiger partial charge in [-0.1, -0.05) is 78.7 Å². The van der Waals surface area contributed by atoms with Crippen LogP contribution in [0.3, 0.4) is 0 Å². The third kappa shape index (κ3) is 13.1. The van der Waals surface area contributed by atoms with Gasteiger partial charge in [-0.05, 0) is 69.9 Å². The summed E-state index contributed by atoms with van der Waals surface area (Å²) in [7, 11) is 1.72. The molecule has 5 nitrogen and oxygen atoms in total. The standard InChI is InChI=1S/C29H49N3O2.C2H6.C2H4/c1-6-16-25(27(8-3)34-5)26(20-15-19-24-17-11-9-12-18-24)30-28(23(4)7-2)29(33)31-32-21-13-10-14-22-32;2*1-2/h8,16,24H,6-7,9-15,17-22H2,1-5H3,(H,31,33);1-2H3;1-2H2/b25-16-,27-8+,28-23+,30-26+;;. The minimum absolute atomic E-state index is 0.0821. The van der Waals surface area contributed by atoms with Crippen LogP contribution in [0.1, 0.15) is 125 Å². The second-order valence-electron chi connectivity index (χ2n) is 9.81. The number of carbonyl (C=O) groups is 1. The molecule has 1 N–H and O–H groups in total. The summed E-state index contributed by atoms with van der Waals surface area (Å²) in [4.78, 5) is 18.5. The van der Waals surface area contributed by atoms with Gasteiger partial charge in [-0.15, -0.1) is 13.2 Å². The van der Waals surface area contributed by atoms with Crippen molar-refractivity contribution in [2.24, 2.45) is 10.9 Å². The van der Waals surface area contributed by atoms with Gasteiger partial charge in [-0.25, -0.2) is 10.0 Å². The number of piperidine rings is 1. The maximum atomic E-state index is 13.4. The number of hydrogen-bond acceptors (Lipinski definition) is 4. The number of nitrogens with one attached hydrogen (secondary N) is 1. The Balaban J connectivity index is 0.00000326. The van der Waals surface area contributed by atoms with Crippen molar-refractivity contribution in [3.05, 3.63) is 47.9 Å². The predicted molar refractivity (Wildman–Crippen MR) is 166 cm³/mol. The van der Waals surface area contributed by atoms with Crippen molar-refractivity contribution in [3.8, 4) is 0 Å². The number of hydrogen-bond donors (Lipinski definition) is 1. The number of aliphatic imine (C=N–C) groups is 1. The summed E-state index contributed by atoms with van der Waals surface area (Å²) < 4.78 is 5.73. The maximum absolute atomic E-state index is 13.4. The highest BCUT2D eigenvalue weighted by molar-refractivity contribution is 6.07. The Bertz CT molecular complexity index is 767. The summed E-state index contributed by atoms with van der Waals surface area (Å²) in [5, 5.41) is 2.06. The number of carbonyl (C=O) groups excluding carboxylic acids is 1. The van der Waals surface area contributed by atoms with E-state index in [1.54, 1.807) is 7.11 Å². The van der Waals surface area contributed by atoms with Crippen LogP contribution in [0.5, 0.6) is 0 Å². The number of hydrazine groups is 1. The summed E-state index contributed by atoms with van der Waals surface area (Å²) in [5.74, 6) is 1.59. The van der Waals surface area contributed by atoms with E-state index in [-0.39, 0.29) is 5.91 Å². The van der Waals surface area contributed by atoms with Gasteiger partial charge < -0.3 is 4.74 Å². The molecular formula is C33H59N3O2. The minimum Gasteiger partial charge on any atom is -0.496 e. The Hall–Kier alpha value is -2.14. The van der Waals surface area contributed by atoms with E-state index in [4.69, 9.17) is 9.73 Å². The largest absolute Gasteiger partial charge is 0.496 e. The van der Waals surface area contributed by atoms with Crippen LogP contribution < -0.4 is 5.43 Å². The van der Waals surface area contributed by atoms with Crippen LogP contribution in [-0.2, 0) is 9.53 Å². The first kappa shape index (κ1) is 35.9. The molecule has 2 fully saturated rings. The molecule has 0 atom stereocenters. The van der Waals surface area contributed by atoms with Crippen molar-refractivity contribution in [3.63, 3.8) is 0 Å². The molecule has 1 amide bonds. The molecule has 0 unspecified atom stereocenters. The van der Waals surface area contributed by atoms with Crippen molar-refractivity contribution in [1.29, 1.82) is 0 Å². The van der Waals surface area contributed by atoms with E-state index in [1.807, 2.05) is 33.8 Å². The first-order chi connectivity index (χ1) is 18.5. The Morgan fingerprint density at radius 1 is 1.05 bits per heavy atom. The number of nitrogens with zero attached hydrogens (tertiary/aromatic N) is 2. The normalized spacial score (nSPS) is 18.3. The molecule has 0 bridgehead atoms. The zero-order valence-corrected chi connectivity index (χ0v) is 26.0. The van der Waals surface area contributed by atoms with Crippen molar-refractivity contribution in [1.82, 2.24) is 10.4 Å². The van der Waals surface area contributed by atoms with Gasteiger partial charge >= 0.3 is 0 Å². The summed E-state index contributed by atoms with van der Waals surface area (Å²) in [6, 6.07) is 0. The Kier molecular flexibility index (Phi) is 21.5. The van der Waals surface area contributed by atoms with Gasteiger partial charge in [0.05, 0.1) is 12.8 Å². The fourth-order valence-electron chi connectivity index (χ4n) is 5.08. The first-order valence-corrected chi connectivity index (χ1v) is 15.3. The van der Waals surface area contributed by atoms with Gasteiger partial charge in [0.15, 0.2) is 0 Å². The molecule has 0 radical (unpaired) electrons. The Morgan fingerprint density at radius 3 is 2.18 bits per heavy atom. The highest BCUT2D eigenvalue weighted by atomic mass is 16.5. The highest BCUT2D eigenvalue weighted by Crippen LogP contribution is 2.29. The van der Waals surface area contributed by atoms with Gasteiger partial charge in [-0.3, -0.25) is 10.2 Å². The molecule has 2 rings (SSSR count). The van der Waals surface area contributed by atoms with Crippen molar-refractivity contribution in [2.75, 3.05) is 20.2 Å². The van der Waals surface area contributed by atoms with E-state index in [0.29, 0.717) is 5.70 Å². The van der Waals surface area contributed by atoms with Crippen molar-refractivity contribution < 1.29 is 9.53 Å². The Labute approximate surface area is 235 Å². The van der Waals surface area contributed by atoms with Crippen LogP contribution in [-0.4, -0.2) is 36.8 Å². The lowest BCUT2D eigenvalue weighted by Gasteiger charge is -2.27. The molecule has 1 heterocycles. The minimum atomic E-state index is -0.0821. The summed E-state index contributed by atoms with van der Waals surface area (Å²) in [5.41, 5.74) is 6.73. The Morgan fingerprint density at radius 2 is 1.66 bits per heavy atom. The third-order valence-corrected chi connectivity index (χ3v) is 7.23. The number of allylic oxidation sites excluding steroid dienone is 4. The quantitative estimate of drug-likeness (QED) is 0.0901. The lowest BCUT2D eigenvalue weighted by atomic mass is 9.85. The van der Waals surface area contributed by atoms with E-state index in [2.05, 4.69) is 43.5 Å². The topological polar surface area (TPSA) is 53.9 Å². The molecule has 0 aromatic heterocycles. The van der Waals surface area contributed by atoms with Crippen LogP contribution in [0.15, 0.2) is 52.9 Å². The SMILES string of the molecule is C=C.CC.C\C=C(OC)/C(=C\CC)C(/CCCC1CCCCC1)=N/C(C(=O)NN1CCCCC1)=C(\C)CC. The van der Waals surface area contributed by atoms with Crippen LogP contribution in [0.25, 0.3) is 0 Å². The van der Waals surface area contributed by atoms with Gasteiger partial charge in [0.1, 0.15) is 11.5 Å². The van der Waals surface area contributed by atoms with Crippen LogP contribution in [0.2, 0.25) is 0 Å². The highest BCUT2D eigenvalue weighted by Gasteiger charge is 2.21. The van der Waals surface area contributed by atoms with Gasteiger partial charge in [0.25, 0.3) is 5.91 Å². The fraction of sp³-hybridized carbons (Fsp3) is 0.697. The average Bonchev–Trinajstić information content (AvgIpc) is 2.97. The maximum Gasteiger partial charge on any atom is 0.284 e. The van der Waals surface area contributed by atoms with Crippen molar-refractivity contribution in [2.45, 2.75) is 125 Å². The monoisotopic (exact) mass is 529 g/mol. The van der Waals surface area contributed by atoms with E-state index in [0.717, 1.165) is 80.1 Å². The number of amides is 1. The third-order valence-electron chi connectivity index (χ3n) is 7.23. The lowest BCUT2D eigenvalue weighted by Crippen LogP contribution is -2.45. The molecule has 218 valence electrons. The average molecular weight is 530 g/mol. The first-order valence-electron chi connectivity index (χ1n) is 15.3. The van der Waals surface area contributed by atoms with E-state index < -0.39 is 0 Å². The van der Waals surface area contributed by atoms with Crippen molar-refractivity contribution >= 4 is 11.6 Å². The molecule has 38 heavy (non-hydrogen) atoms. The molecule has 1 aliphatic carbocycles. The van der Waals surface area contributed by atoms with Crippen LogP contribution >= 0.6 is 0 Å². The lowest BCUT2D eigenvalue weighted by molar-refractivity contribution is -0.122. The molecule has 0 spiro atoms. The summed E-state index contributed by atoms with van der Waals surface area (Å²) in [6.07, 6.45) is 19.4. The molecule has 1 aliphatic heterocycles. The molecule has 0 aromatic carbocycles. The zero-order valence-electron chi connectivity index (χ0n) is 26.0. The number of ether oxygens (including phenoxy) is 1. The zero-order chi connectivity index (χ0) is 28.8. The summed E-state index contributed by atoms with van der Waals surface area (Å²) >= 11 is 0. The molecule has 2 aliphatic rings. The molecular weight excluding hydrogens is 470 g/mol. The second-order valence-corrected chi connectivity index (χ2v) is 9.81. The van der Waals surface area contributed by atoms with Gasteiger partial charge in [0, 0.05) is 18.7 Å². The molecule has 1 saturated carbocycles. The van der Waals surface area contributed by atoms with Crippen LogP contribution in [0, 0.1) is 5.92 Å². The van der Waals surface area contributed by atoms with Crippen LogP contribution in [0.4, 0.5) is 0 Å². The fourth-order valence-corrected chi connectivity index (χ4v) is 5.08.